The van der Waals surface area contributed by atoms with Gasteiger partial charge in [-0.25, -0.2) is 4.79 Å². The Morgan fingerprint density at radius 3 is 2.33 bits per heavy atom. The van der Waals surface area contributed by atoms with E-state index in [0.29, 0.717) is 5.92 Å². The Labute approximate surface area is 171 Å². The molecule has 5 aliphatic rings. The highest BCUT2D eigenvalue weighted by Gasteiger charge is 2.48. The van der Waals surface area contributed by atoms with Crippen molar-refractivity contribution in [1.29, 1.82) is 0 Å². The van der Waals surface area contributed by atoms with E-state index in [1.165, 1.54) is 5.56 Å². The average molecular weight is 424 g/mol. The van der Waals surface area contributed by atoms with Crippen LogP contribution in [0.4, 0.5) is 13.2 Å². The Bertz CT molecular complexity index is 877. The Morgan fingerprint density at radius 1 is 1.10 bits per heavy atom. The first kappa shape index (κ1) is 20.8. The number of carboxylic acid groups (broad SMARTS) is 1. The van der Waals surface area contributed by atoms with Crippen LogP contribution in [0.25, 0.3) is 0 Å². The third kappa shape index (κ3) is 3.59. The standard InChI is InChI=1S/C19H22N2O2.C2HF3O2/c22-18-14-5-1-3-13-4-2-6-15(17(13)14)19(23)21(18)16-11-20-9-7-12(16)8-10-20;3-2(4,5)1(6)7/h1,3,5,12,15-16H,2,4,6-11H2;(H,6,7)/t15?,16-;/m1./s1. The molecule has 1 N–H and O–H groups in total. The molecular weight excluding hydrogens is 401 g/mol. The lowest BCUT2D eigenvalue weighted by molar-refractivity contribution is -0.192. The number of alkyl halides is 3. The van der Waals surface area contributed by atoms with E-state index in [4.69, 9.17) is 9.90 Å². The van der Waals surface area contributed by atoms with Crippen LogP contribution < -0.4 is 0 Å². The van der Waals surface area contributed by atoms with Crippen LogP contribution in [0.15, 0.2) is 18.2 Å². The van der Waals surface area contributed by atoms with Crippen molar-refractivity contribution in [3.05, 3.63) is 34.9 Å². The summed E-state index contributed by atoms with van der Waals surface area (Å²) >= 11 is 0. The summed E-state index contributed by atoms with van der Waals surface area (Å²) in [5, 5.41) is 7.12. The van der Waals surface area contributed by atoms with Crippen molar-refractivity contribution < 1.29 is 32.7 Å². The molecule has 1 unspecified atom stereocenters. The summed E-state index contributed by atoms with van der Waals surface area (Å²) in [5.41, 5.74) is 3.06. The normalized spacial score (nSPS) is 29.8. The highest BCUT2D eigenvalue weighted by Crippen LogP contribution is 2.42. The molecule has 9 heteroatoms. The molecule has 6 nitrogen and oxygen atoms in total. The fourth-order valence-electron chi connectivity index (χ4n) is 5.26. The predicted molar refractivity (Wildman–Crippen MR) is 99.9 cm³/mol. The number of aryl methyl sites for hydroxylation is 1. The topological polar surface area (TPSA) is 77.9 Å². The van der Waals surface area contributed by atoms with Crippen LogP contribution in [-0.4, -0.2) is 64.5 Å². The van der Waals surface area contributed by atoms with E-state index >= 15 is 0 Å². The number of carbonyl (C=O) groups excluding carboxylic acids is 2. The van der Waals surface area contributed by atoms with Gasteiger partial charge in [-0.05, 0) is 68.3 Å². The Balaban J connectivity index is 0.000000272. The third-order valence-electron chi connectivity index (χ3n) is 6.66. The number of carbonyl (C=O) groups is 3. The van der Waals surface area contributed by atoms with Gasteiger partial charge in [-0.3, -0.25) is 14.5 Å². The molecule has 0 spiro atoms. The van der Waals surface area contributed by atoms with Crippen LogP contribution in [0.2, 0.25) is 0 Å². The Hall–Kier alpha value is -2.42. The van der Waals surface area contributed by atoms with Crippen LogP contribution in [-0.2, 0) is 16.0 Å². The number of rotatable bonds is 1. The maximum absolute atomic E-state index is 13.2. The molecule has 4 aliphatic heterocycles. The minimum Gasteiger partial charge on any atom is -0.475 e. The van der Waals surface area contributed by atoms with Crippen molar-refractivity contribution >= 4 is 17.8 Å². The molecule has 30 heavy (non-hydrogen) atoms. The zero-order valence-corrected chi connectivity index (χ0v) is 16.3. The number of imide groups is 1. The summed E-state index contributed by atoms with van der Waals surface area (Å²) < 4.78 is 31.7. The van der Waals surface area contributed by atoms with E-state index < -0.39 is 12.1 Å². The monoisotopic (exact) mass is 424 g/mol. The number of benzene rings is 1. The average Bonchev–Trinajstić information content (AvgIpc) is 2.73. The molecule has 0 saturated carbocycles. The summed E-state index contributed by atoms with van der Waals surface area (Å²) in [6.07, 6.45) is 0.113. The molecule has 2 amide bonds. The Morgan fingerprint density at radius 2 is 1.77 bits per heavy atom. The van der Waals surface area contributed by atoms with Gasteiger partial charge >= 0.3 is 12.1 Å². The number of hydrogen-bond donors (Lipinski definition) is 1. The smallest absolute Gasteiger partial charge is 0.475 e. The first-order chi connectivity index (χ1) is 14.2. The summed E-state index contributed by atoms with van der Waals surface area (Å²) in [7, 11) is 0. The number of fused-ring (bicyclic) bond motifs is 3. The highest BCUT2D eigenvalue weighted by molar-refractivity contribution is 6.12. The van der Waals surface area contributed by atoms with Crippen LogP contribution in [0.5, 0.6) is 0 Å². The second-order valence-electron chi connectivity index (χ2n) is 8.34. The van der Waals surface area contributed by atoms with Gasteiger partial charge in [0.05, 0.1) is 12.0 Å². The predicted octanol–water partition coefficient (Wildman–Crippen LogP) is 2.82. The molecule has 6 rings (SSSR count). The second kappa shape index (κ2) is 7.68. The minimum atomic E-state index is -5.08. The van der Waals surface area contributed by atoms with E-state index in [2.05, 4.69) is 11.0 Å². The lowest BCUT2D eigenvalue weighted by atomic mass is 9.75. The number of aliphatic carboxylic acids is 1. The molecule has 0 radical (unpaired) electrons. The van der Waals surface area contributed by atoms with Gasteiger partial charge in [0.15, 0.2) is 0 Å². The van der Waals surface area contributed by atoms with Gasteiger partial charge in [0.2, 0.25) is 5.91 Å². The maximum Gasteiger partial charge on any atom is 0.490 e. The zero-order valence-electron chi connectivity index (χ0n) is 16.3. The lowest BCUT2D eigenvalue weighted by Gasteiger charge is -2.50. The van der Waals surface area contributed by atoms with Gasteiger partial charge in [-0.15, -0.1) is 0 Å². The number of piperidine rings is 3. The van der Waals surface area contributed by atoms with Gasteiger partial charge in [-0.2, -0.15) is 13.2 Å². The lowest BCUT2D eigenvalue weighted by Crippen LogP contribution is -2.62. The molecule has 3 saturated heterocycles. The van der Waals surface area contributed by atoms with E-state index in [0.717, 1.165) is 62.9 Å². The molecule has 1 aromatic rings. The number of carboxylic acids is 1. The van der Waals surface area contributed by atoms with Crippen molar-refractivity contribution in [1.82, 2.24) is 9.80 Å². The van der Waals surface area contributed by atoms with Crippen LogP contribution in [0, 0.1) is 5.92 Å². The number of halogens is 3. The van der Waals surface area contributed by atoms with Gasteiger partial charge in [0.25, 0.3) is 5.91 Å². The number of amides is 2. The molecule has 2 bridgehead atoms. The fourth-order valence-corrected chi connectivity index (χ4v) is 5.26. The van der Waals surface area contributed by atoms with Crippen molar-refractivity contribution in [2.45, 2.75) is 50.2 Å². The van der Waals surface area contributed by atoms with Crippen LogP contribution in [0.1, 0.15) is 53.1 Å². The number of hydrogen-bond acceptors (Lipinski definition) is 4. The van der Waals surface area contributed by atoms with Gasteiger partial charge in [0, 0.05) is 12.1 Å². The van der Waals surface area contributed by atoms with Crippen LogP contribution >= 0.6 is 0 Å². The fraction of sp³-hybridized carbons (Fsp3) is 0.571. The minimum absolute atomic E-state index is 0.0382. The quantitative estimate of drug-likeness (QED) is 0.702. The summed E-state index contributed by atoms with van der Waals surface area (Å²) in [6, 6.07) is 6.10. The third-order valence-corrected chi connectivity index (χ3v) is 6.66. The molecule has 1 aliphatic carbocycles. The largest absolute Gasteiger partial charge is 0.490 e. The molecule has 162 valence electrons. The van der Waals surface area contributed by atoms with Gasteiger partial charge < -0.3 is 10.0 Å². The molecular formula is C21H23F3N2O4. The second-order valence-corrected chi connectivity index (χ2v) is 8.34. The first-order valence-electron chi connectivity index (χ1n) is 10.2. The summed E-state index contributed by atoms with van der Waals surface area (Å²) in [5.74, 6) is -2.30. The van der Waals surface area contributed by atoms with E-state index in [1.54, 1.807) is 4.90 Å². The van der Waals surface area contributed by atoms with Crippen molar-refractivity contribution in [3.63, 3.8) is 0 Å². The summed E-state index contributed by atoms with van der Waals surface area (Å²) in [6.45, 7) is 3.13. The molecule has 2 atom stereocenters. The maximum atomic E-state index is 13.2. The SMILES string of the molecule is O=C(O)C(F)(F)F.O=C1c2cccc3c2C(CCC3)C(=O)N1[C@@H]1CN2CCC1CC2. The highest BCUT2D eigenvalue weighted by atomic mass is 19.4. The van der Waals surface area contributed by atoms with E-state index in [1.807, 2.05) is 12.1 Å². The van der Waals surface area contributed by atoms with Crippen molar-refractivity contribution in [2.24, 2.45) is 5.92 Å². The van der Waals surface area contributed by atoms with Gasteiger partial charge in [-0.1, -0.05) is 12.1 Å². The number of nitrogens with zero attached hydrogens (tertiary/aromatic N) is 2. The van der Waals surface area contributed by atoms with E-state index in [-0.39, 0.29) is 23.8 Å². The van der Waals surface area contributed by atoms with Crippen molar-refractivity contribution in [3.8, 4) is 0 Å². The zero-order chi connectivity index (χ0) is 21.6. The van der Waals surface area contributed by atoms with Gasteiger partial charge in [0.1, 0.15) is 0 Å². The molecule has 1 aromatic carbocycles. The summed E-state index contributed by atoms with van der Waals surface area (Å²) in [4.78, 5) is 39.3. The van der Waals surface area contributed by atoms with E-state index in [9.17, 15) is 22.8 Å². The van der Waals surface area contributed by atoms with Crippen LogP contribution in [0.3, 0.4) is 0 Å². The first-order valence-corrected chi connectivity index (χ1v) is 10.2. The molecule has 0 aromatic heterocycles. The van der Waals surface area contributed by atoms with Crippen molar-refractivity contribution in [2.75, 3.05) is 19.6 Å². The Kier molecular flexibility index (Phi) is 5.34. The molecule has 3 fully saturated rings. The molecule has 4 heterocycles.